The minimum Gasteiger partial charge on any atom is -0.295 e. The van der Waals surface area contributed by atoms with Crippen LogP contribution in [-0.4, -0.2) is 5.78 Å². The van der Waals surface area contributed by atoms with Crippen molar-refractivity contribution in [3.8, 4) is 0 Å². The van der Waals surface area contributed by atoms with Gasteiger partial charge in [0.15, 0.2) is 5.78 Å². The van der Waals surface area contributed by atoms with Crippen molar-refractivity contribution in [2.45, 2.75) is 25.7 Å². The summed E-state index contributed by atoms with van der Waals surface area (Å²) in [6, 6.07) is 0. The number of hydrogen-bond acceptors (Lipinski definition) is 1. The molecule has 2 aliphatic rings. The summed E-state index contributed by atoms with van der Waals surface area (Å²) in [5, 5.41) is 0. The Kier molecular flexibility index (Phi) is 2.18. The Bertz CT molecular complexity index is 276. The normalized spacial score (nSPS) is 29.1. The maximum atomic E-state index is 11.5. The Labute approximate surface area is 80.7 Å². The first-order chi connectivity index (χ1) is 5.79. The van der Waals surface area contributed by atoms with Gasteiger partial charge in [-0.2, -0.15) is 0 Å². The van der Waals surface area contributed by atoms with Gasteiger partial charge in [-0.3, -0.25) is 4.79 Å². The van der Waals surface area contributed by atoms with Crippen molar-refractivity contribution in [1.29, 1.82) is 0 Å². The molecule has 1 atom stereocenters. The largest absolute Gasteiger partial charge is 0.295 e. The second kappa shape index (κ2) is 3.17. The number of allylic oxidation sites excluding steroid dienone is 4. The molecule has 2 rings (SSSR count). The van der Waals surface area contributed by atoms with E-state index < -0.39 is 0 Å². The number of ketones is 1. The van der Waals surface area contributed by atoms with Crippen LogP contribution in [0, 0.1) is 5.92 Å². The summed E-state index contributed by atoms with van der Waals surface area (Å²) in [5.41, 5.74) is 1.05. The molecule has 0 N–H and O–H groups in total. The van der Waals surface area contributed by atoms with E-state index in [-0.39, 0.29) is 0 Å². The molecule has 0 amide bonds. The van der Waals surface area contributed by atoms with Crippen molar-refractivity contribution in [3.63, 3.8) is 0 Å². The lowest BCUT2D eigenvalue weighted by molar-refractivity contribution is -0.117. The van der Waals surface area contributed by atoms with Gasteiger partial charge >= 0.3 is 0 Å². The lowest BCUT2D eigenvalue weighted by atomic mass is 9.79. The molecule has 1 fully saturated rings. The maximum absolute atomic E-state index is 11.5. The Balaban J connectivity index is 2.37. The Morgan fingerprint density at radius 2 is 2.33 bits per heavy atom. The first-order valence-electron chi connectivity index (χ1n) is 4.38. The predicted molar refractivity (Wildman–Crippen MR) is 52.1 cm³/mol. The summed E-state index contributed by atoms with van der Waals surface area (Å²) in [6.07, 6.45) is 8.21. The standard InChI is InChI=1S/C10H11BrO/c11-8-5-1-3-7-4-2-6-9(12)10(7)8/h1,5,7H,2-4,6H2. The average molecular weight is 227 g/mol. The summed E-state index contributed by atoms with van der Waals surface area (Å²) in [6.45, 7) is 0. The third kappa shape index (κ3) is 1.28. The van der Waals surface area contributed by atoms with Crippen molar-refractivity contribution in [2.75, 3.05) is 0 Å². The number of fused-ring (bicyclic) bond motifs is 1. The molecule has 0 aliphatic heterocycles. The molecule has 0 aromatic carbocycles. The molecule has 0 radical (unpaired) electrons. The molecular formula is C10H11BrO. The van der Waals surface area contributed by atoms with Gasteiger partial charge in [0, 0.05) is 16.5 Å². The van der Waals surface area contributed by atoms with Crippen LogP contribution in [-0.2, 0) is 4.79 Å². The zero-order valence-corrected chi connectivity index (χ0v) is 8.43. The number of carbonyl (C=O) groups is 1. The zero-order valence-electron chi connectivity index (χ0n) is 6.85. The van der Waals surface area contributed by atoms with Gasteiger partial charge in [-0.1, -0.05) is 28.1 Å². The van der Waals surface area contributed by atoms with E-state index in [1.807, 2.05) is 6.08 Å². The Morgan fingerprint density at radius 1 is 1.50 bits per heavy atom. The zero-order chi connectivity index (χ0) is 8.55. The fourth-order valence-electron chi connectivity index (χ4n) is 2.01. The maximum Gasteiger partial charge on any atom is 0.160 e. The van der Waals surface area contributed by atoms with Gasteiger partial charge in [0.25, 0.3) is 0 Å². The molecule has 1 nitrogen and oxygen atoms in total. The average Bonchev–Trinajstić information content (AvgIpc) is 2.04. The van der Waals surface area contributed by atoms with Gasteiger partial charge in [0.1, 0.15) is 0 Å². The quantitative estimate of drug-likeness (QED) is 0.621. The van der Waals surface area contributed by atoms with Crippen LogP contribution in [0.4, 0.5) is 0 Å². The van der Waals surface area contributed by atoms with E-state index in [0.29, 0.717) is 11.7 Å². The molecule has 0 aromatic heterocycles. The second-order valence-electron chi connectivity index (χ2n) is 3.41. The number of carbonyl (C=O) groups excluding carboxylic acids is 1. The molecule has 64 valence electrons. The molecule has 2 aliphatic carbocycles. The fraction of sp³-hybridized carbons (Fsp3) is 0.500. The summed E-state index contributed by atoms with van der Waals surface area (Å²) < 4.78 is 1.02. The van der Waals surface area contributed by atoms with Crippen LogP contribution in [0.2, 0.25) is 0 Å². The molecule has 2 heteroatoms. The van der Waals surface area contributed by atoms with Crippen LogP contribution < -0.4 is 0 Å². The van der Waals surface area contributed by atoms with Crippen LogP contribution in [0.15, 0.2) is 22.2 Å². The number of rotatable bonds is 0. The summed E-state index contributed by atoms with van der Waals surface area (Å²) in [4.78, 5) is 11.5. The minimum absolute atomic E-state index is 0.350. The Morgan fingerprint density at radius 3 is 3.08 bits per heavy atom. The highest BCUT2D eigenvalue weighted by Gasteiger charge is 2.28. The van der Waals surface area contributed by atoms with Gasteiger partial charge in [-0.15, -0.1) is 0 Å². The molecule has 0 spiro atoms. The van der Waals surface area contributed by atoms with Gasteiger partial charge in [0.05, 0.1) is 0 Å². The van der Waals surface area contributed by atoms with E-state index in [1.54, 1.807) is 0 Å². The third-order valence-corrected chi connectivity index (χ3v) is 3.30. The Hall–Kier alpha value is -0.370. The third-order valence-electron chi connectivity index (χ3n) is 2.61. The van der Waals surface area contributed by atoms with Crippen molar-refractivity contribution in [1.82, 2.24) is 0 Å². The lowest BCUT2D eigenvalue weighted by Gasteiger charge is -2.26. The van der Waals surface area contributed by atoms with Gasteiger partial charge < -0.3 is 0 Å². The lowest BCUT2D eigenvalue weighted by Crippen LogP contribution is -2.21. The monoisotopic (exact) mass is 226 g/mol. The molecular weight excluding hydrogens is 216 g/mol. The second-order valence-corrected chi connectivity index (χ2v) is 4.27. The van der Waals surface area contributed by atoms with Gasteiger partial charge in [-0.05, 0) is 25.2 Å². The van der Waals surface area contributed by atoms with E-state index in [0.717, 1.165) is 29.3 Å². The SMILES string of the molecule is O=C1CCCC2CC=CC(Br)=C12. The predicted octanol–water partition coefficient (Wildman–Crippen LogP) is 2.96. The molecule has 1 unspecified atom stereocenters. The summed E-state index contributed by atoms with van der Waals surface area (Å²) >= 11 is 3.44. The first kappa shape index (κ1) is 8.24. The minimum atomic E-state index is 0.350. The van der Waals surface area contributed by atoms with Crippen molar-refractivity contribution in [3.05, 3.63) is 22.2 Å². The molecule has 0 bridgehead atoms. The van der Waals surface area contributed by atoms with Crippen molar-refractivity contribution < 1.29 is 4.79 Å². The van der Waals surface area contributed by atoms with Crippen LogP contribution in [0.25, 0.3) is 0 Å². The highest BCUT2D eigenvalue weighted by Crippen LogP contribution is 2.36. The first-order valence-corrected chi connectivity index (χ1v) is 5.18. The number of halogens is 1. The van der Waals surface area contributed by atoms with Crippen molar-refractivity contribution >= 4 is 21.7 Å². The smallest absolute Gasteiger partial charge is 0.160 e. The van der Waals surface area contributed by atoms with Gasteiger partial charge in [0.2, 0.25) is 0 Å². The van der Waals surface area contributed by atoms with E-state index >= 15 is 0 Å². The van der Waals surface area contributed by atoms with E-state index in [1.165, 1.54) is 6.42 Å². The summed E-state index contributed by atoms with van der Waals surface area (Å²) in [7, 11) is 0. The highest BCUT2D eigenvalue weighted by molar-refractivity contribution is 9.12. The highest BCUT2D eigenvalue weighted by atomic mass is 79.9. The van der Waals surface area contributed by atoms with Crippen LogP contribution in [0.5, 0.6) is 0 Å². The van der Waals surface area contributed by atoms with Crippen LogP contribution >= 0.6 is 15.9 Å². The number of Topliss-reactive ketones (excluding diaryl/α,β-unsaturated/α-hetero) is 1. The van der Waals surface area contributed by atoms with E-state index in [4.69, 9.17) is 0 Å². The van der Waals surface area contributed by atoms with Crippen LogP contribution in [0.3, 0.4) is 0 Å². The molecule has 0 heterocycles. The summed E-state index contributed by atoms with van der Waals surface area (Å²) in [5.74, 6) is 0.855. The van der Waals surface area contributed by atoms with E-state index in [9.17, 15) is 4.79 Å². The number of hydrogen-bond donors (Lipinski definition) is 0. The van der Waals surface area contributed by atoms with Crippen LogP contribution in [0.1, 0.15) is 25.7 Å². The topological polar surface area (TPSA) is 17.1 Å². The molecule has 1 saturated carbocycles. The molecule has 0 aromatic rings. The van der Waals surface area contributed by atoms with Crippen molar-refractivity contribution in [2.24, 2.45) is 5.92 Å². The molecule has 0 saturated heterocycles. The molecule has 12 heavy (non-hydrogen) atoms. The van der Waals surface area contributed by atoms with E-state index in [2.05, 4.69) is 22.0 Å². The van der Waals surface area contributed by atoms with Gasteiger partial charge in [-0.25, -0.2) is 0 Å². The fourth-order valence-corrected chi connectivity index (χ4v) is 2.74.